The summed E-state index contributed by atoms with van der Waals surface area (Å²) in [6.45, 7) is 4.23. The lowest BCUT2D eigenvalue weighted by Gasteiger charge is -2.34. The van der Waals surface area contributed by atoms with E-state index in [4.69, 9.17) is 25.8 Å². The maximum absolute atomic E-state index is 6.31. The fourth-order valence-electron chi connectivity index (χ4n) is 3.19. The van der Waals surface area contributed by atoms with Gasteiger partial charge in [-0.15, -0.1) is 24.0 Å². The Morgan fingerprint density at radius 3 is 2.61 bits per heavy atom. The van der Waals surface area contributed by atoms with Gasteiger partial charge in [0.2, 0.25) is 0 Å². The molecule has 28 heavy (non-hydrogen) atoms. The lowest BCUT2D eigenvalue weighted by Crippen LogP contribution is -2.47. The van der Waals surface area contributed by atoms with Gasteiger partial charge in [0.25, 0.3) is 0 Å². The van der Waals surface area contributed by atoms with Crippen LogP contribution in [-0.2, 0) is 15.9 Å². The normalized spacial score (nSPS) is 15.3. The third-order valence-corrected chi connectivity index (χ3v) is 5.09. The predicted octanol–water partition coefficient (Wildman–Crippen LogP) is 3.60. The molecule has 1 saturated heterocycles. The van der Waals surface area contributed by atoms with E-state index >= 15 is 0 Å². The van der Waals surface area contributed by atoms with Gasteiger partial charge in [0.1, 0.15) is 5.75 Å². The second kappa shape index (κ2) is 14.3. The third-order valence-electron chi connectivity index (χ3n) is 4.74. The van der Waals surface area contributed by atoms with Gasteiger partial charge in [0.15, 0.2) is 5.96 Å². The van der Waals surface area contributed by atoms with Crippen molar-refractivity contribution in [1.29, 1.82) is 0 Å². The van der Waals surface area contributed by atoms with E-state index < -0.39 is 0 Å². The van der Waals surface area contributed by atoms with E-state index in [2.05, 4.69) is 15.2 Å². The number of methoxy groups -OCH3 is 2. The fourth-order valence-corrected chi connectivity index (χ4v) is 3.45. The molecule has 0 aromatic heterocycles. The van der Waals surface area contributed by atoms with Crippen LogP contribution in [0, 0.1) is 0 Å². The molecule has 1 aliphatic heterocycles. The molecule has 1 aromatic rings. The van der Waals surface area contributed by atoms with Crippen molar-refractivity contribution in [2.24, 2.45) is 4.99 Å². The summed E-state index contributed by atoms with van der Waals surface area (Å²) in [7, 11) is 5.19. The van der Waals surface area contributed by atoms with Gasteiger partial charge in [0.05, 0.1) is 13.2 Å². The fraction of sp³-hybridized carbons (Fsp3) is 0.650. The molecule has 0 atom stereocenters. The van der Waals surface area contributed by atoms with Crippen molar-refractivity contribution < 1.29 is 14.2 Å². The zero-order chi connectivity index (χ0) is 19.5. The SMILES string of the molecule is CN=C(NCCc1ccc(OC)cc1Cl)N1CCC(OCCCOC)CC1.I. The quantitative estimate of drug-likeness (QED) is 0.231. The Hall–Kier alpha value is -0.770. The van der Waals surface area contributed by atoms with Crippen LogP contribution in [0.5, 0.6) is 5.75 Å². The van der Waals surface area contributed by atoms with Crippen LogP contribution < -0.4 is 10.1 Å². The lowest BCUT2D eigenvalue weighted by molar-refractivity contribution is 0.00992. The highest BCUT2D eigenvalue weighted by Gasteiger charge is 2.21. The van der Waals surface area contributed by atoms with Gasteiger partial charge in [-0.2, -0.15) is 0 Å². The number of aliphatic imine (C=N–C) groups is 1. The van der Waals surface area contributed by atoms with Crippen molar-refractivity contribution in [3.05, 3.63) is 28.8 Å². The van der Waals surface area contributed by atoms with Crippen LogP contribution in [0.15, 0.2) is 23.2 Å². The van der Waals surface area contributed by atoms with Gasteiger partial charge >= 0.3 is 0 Å². The van der Waals surface area contributed by atoms with Gasteiger partial charge in [-0.25, -0.2) is 0 Å². The summed E-state index contributed by atoms with van der Waals surface area (Å²) in [5, 5.41) is 4.18. The van der Waals surface area contributed by atoms with E-state index in [0.29, 0.717) is 6.10 Å². The molecular weight excluding hydrogens is 493 g/mol. The van der Waals surface area contributed by atoms with Crippen LogP contribution in [-0.4, -0.2) is 71.1 Å². The Kier molecular flexibility index (Phi) is 12.9. The van der Waals surface area contributed by atoms with E-state index in [-0.39, 0.29) is 24.0 Å². The minimum atomic E-state index is 0. The molecule has 0 radical (unpaired) electrons. The van der Waals surface area contributed by atoms with Crippen LogP contribution in [0.2, 0.25) is 5.02 Å². The smallest absolute Gasteiger partial charge is 0.193 e. The van der Waals surface area contributed by atoms with Crippen LogP contribution >= 0.6 is 35.6 Å². The number of hydrogen-bond donors (Lipinski definition) is 1. The minimum Gasteiger partial charge on any atom is -0.497 e. The molecule has 2 rings (SSSR count). The van der Waals surface area contributed by atoms with Crippen LogP contribution in [0.3, 0.4) is 0 Å². The number of guanidine groups is 1. The van der Waals surface area contributed by atoms with Gasteiger partial charge in [0, 0.05) is 52.0 Å². The number of rotatable bonds is 9. The predicted molar refractivity (Wildman–Crippen MR) is 126 cm³/mol. The summed E-state index contributed by atoms with van der Waals surface area (Å²) < 4.78 is 16.2. The van der Waals surface area contributed by atoms with Crippen LogP contribution in [0.1, 0.15) is 24.8 Å². The topological polar surface area (TPSA) is 55.3 Å². The molecule has 0 bridgehead atoms. The molecule has 1 fully saturated rings. The summed E-state index contributed by atoms with van der Waals surface area (Å²) >= 11 is 6.31. The first-order valence-corrected chi connectivity index (χ1v) is 9.94. The van der Waals surface area contributed by atoms with E-state index in [1.165, 1.54) is 0 Å². The molecule has 160 valence electrons. The van der Waals surface area contributed by atoms with E-state index in [9.17, 15) is 0 Å². The number of ether oxygens (including phenoxy) is 3. The third kappa shape index (κ3) is 8.31. The molecule has 0 aliphatic carbocycles. The Balaban J connectivity index is 0.00000392. The van der Waals surface area contributed by atoms with Crippen molar-refractivity contribution in [2.75, 3.05) is 54.1 Å². The largest absolute Gasteiger partial charge is 0.497 e. The average molecular weight is 526 g/mol. The van der Waals surface area contributed by atoms with Gasteiger partial charge in [-0.3, -0.25) is 4.99 Å². The van der Waals surface area contributed by atoms with Gasteiger partial charge in [-0.1, -0.05) is 17.7 Å². The number of hydrogen-bond acceptors (Lipinski definition) is 4. The van der Waals surface area contributed by atoms with Gasteiger partial charge in [-0.05, 0) is 43.4 Å². The van der Waals surface area contributed by atoms with Crippen molar-refractivity contribution in [2.45, 2.75) is 31.8 Å². The summed E-state index contributed by atoms with van der Waals surface area (Å²) in [5.74, 6) is 1.72. The van der Waals surface area contributed by atoms with Crippen molar-refractivity contribution in [3.8, 4) is 5.75 Å². The summed E-state index contributed by atoms with van der Waals surface area (Å²) in [5.41, 5.74) is 1.10. The number of halogens is 2. The van der Waals surface area contributed by atoms with Crippen molar-refractivity contribution in [1.82, 2.24) is 10.2 Å². The Bertz CT molecular complexity index is 596. The second-order valence-electron chi connectivity index (χ2n) is 6.58. The average Bonchev–Trinajstić information content (AvgIpc) is 2.70. The molecule has 0 amide bonds. The molecule has 6 nitrogen and oxygen atoms in total. The highest BCUT2D eigenvalue weighted by Crippen LogP contribution is 2.22. The molecular formula is C20H33ClIN3O3. The first-order valence-electron chi connectivity index (χ1n) is 9.56. The van der Waals surface area contributed by atoms with E-state index in [0.717, 1.165) is 80.8 Å². The monoisotopic (exact) mass is 525 g/mol. The Labute approximate surface area is 191 Å². The standard InChI is InChI=1S/C20H32ClN3O3.HI/c1-22-20(23-10-7-16-5-6-18(26-3)15-19(16)21)24-11-8-17(9-12-24)27-14-4-13-25-2;/h5-6,15,17H,4,7-14H2,1-3H3,(H,22,23);1H. The number of likely N-dealkylation sites (tertiary alicyclic amines) is 1. The summed E-state index contributed by atoms with van der Waals surface area (Å²) in [4.78, 5) is 6.72. The van der Waals surface area contributed by atoms with E-state index in [1.54, 1.807) is 14.2 Å². The van der Waals surface area contributed by atoms with Crippen LogP contribution in [0.25, 0.3) is 0 Å². The molecule has 1 aromatic carbocycles. The number of nitrogens with zero attached hydrogens (tertiary/aromatic N) is 2. The summed E-state index contributed by atoms with van der Waals surface area (Å²) in [6.07, 6.45) is 4.18. The van der Waals surface area contributed by atoms with Crippen molar-refractivity contribution >= 4 is 41.5 Å². The van der Waals surface area contributed by atoms with Crippen LogP contribution in [0.4, 0.5) is 0 Å². The number of benzene rings is 1. The first kappa shape index (κ1) is 25.3. The minimum absolute atomic E-state index is 0. The Morgan fingerprint density at radius 2 is 2.00 bits per heavy atom. The first-order chi connectivity index (χ1) is 13.2. The highest BCUT2D eigenvalue weighted by molar-refractivity contribution is 14.0. The van der Waals surface area contributed by atoms with Gasteiger partial charge < -0.3 is 24.4 Å². The molecule has 1 aliphatic rings. The molecule has 0 spiro atoms. The molecule has 8 heteroatoms. The molecule has 1 N–H and O–H groups in total. The zero-order valence-electron chi connectivity index (χ0n) is 17.1. The zero-order valence-corrected chi connectivity index (χ0v) is 20.2. The molecule has 0 unspecified atom stereocenters. The number of piperidine rings is 1. The maximum Gasteiger partial charge on any atom is 0.193 e. The maximum atomic E-state index is 6.31. The summed E-state index contributed by atoms with van der Waals surface area (Å²) in [6, 6.07) is 5.80. The lowest BCUT2D eigenvalue weighted by atomic mass is 10.1. The molecule has 0 saturated carbocycles. The second-order valence-corrected chi connectivity index (χ2v) is 6.99. The van der Waals surface area contributed by atoms with E-state index in [1.807, 2.05) is 25.2 Å². The highest BCUT2D eigenvalue weighted by atomic mass is 127. The Morgan fingerprint density at radius 1 is 1.25 bits per heavy atom. The van der Waals surface area contributed by atoms with Crippen molar-refractivity contribution in [3.63, 3.8) is 0 Å². The molecule has 1 heterocycles. The number of nitrogens with one attached hydrogen (secondary N) is 1.